The van der Waals surface area contributed by atoms with Crippen LogP contribution in [0.15, 0.2) is 24.3 Å². The molecule has 0 amide bonds. The highest BCUT2D eigenvalue weighted by Crippen LogP contribution is 2.25. The summed E-state index contributed by atoms with van der Waals surface area (Å²) in [4.78, 5) is 2.61. The molecule has 3 nitrogen and oxygen atoms in total. The summed E-state index contributed by atoms with van der Waals surface area (Å²) >= 11 is 0. The molecule has 1 aliphatic heterocycles. The number of nitrogens with zero attached hydrogens (tertiary/aromatic N) is 1. The smallest absolute Gasteiger partial charge is 0.119 e. The van der Waals surface area contributed by atoms with Crippen LogP contribution in [0.1, 0.15) is 51.1 Å². The summed E-state index contributed by atoms with van der Waals surface area (Å²) in [5.41, 5.74) is 1.35. The minimum Gasteiger partial charge on any atom is -0.497 e. The van der Waals surface area contributed by atoms with Crippen LogP contribution >= 0.6 is 0 Å². The highest BCUT2D eigenvalue weighted by Gasteiger charge is 2.21. The summed E-state index contributed by atoms with van der Waals surface area (Å²) in [6.07, 6.45) is 5.20. The molecule has 2 rings (SSSR count). The van der Waals surface area contributed by atoms with Gasteiger partial charge in [-0.2, -0.15) is 0 Å². The minimum atomic E-state index is 0.434. The van der Waals surface area contributed by atoms with E-state index >= 15 is 0 Å². The standard InChI is InChI=1S/C18H30N2O/c1-4-12-20(14-17-9-5-6-11-19-17)15(2)16-8-7-10-18(13-16)21-3/h7-8,10,13,15,17,19H,4-6,9,11-12,14H2,1-3H3. The van der Waals surface area contributed by atoms with E-state index in [0.717, 1.165) is 18.8 Å². The summed E-state index contributed by atoms with van der Waals surface area (Å²) < 4.78 is 5.36. The molecule has 0 saturated carbocycles. The number of hydrogen-bond donors (Lipinski definition) is 1. The van der Waals surface area contributed by atoms with E-state index in [1.165, 1.54) is 37.8 Å². The van der Waals surface area contributed by atoms with Crippen molar-refractivity contribution in [3.05, 3.63) is 29.8 Å². The van der Waals surface area contributed by atoms with Gasteiger partial charge in [0.1, 0.15) is 5.75 Å². The third kappa shape index (κ3) is 4.72. The lowest BCUT2D eigenvalue weighted by Crippen LogP contribution is -2.44. The zero-order chi connectivity index (χ0) is 15.1. The molecule has 1 saturated heterocycles. The van der Waals surface area contributed by atoms with E-state index in [-0.39, 0.29) is 0 Å². The molecule has 1 N–H and O–H groups in total. The molecule has 3 heteroatoms. The summed E-state index contributed by atoms with van der Waals surface area (Å²) in [5, 5.41) is 3.67. The zero-order valence-electron chi connectivity index (χ0n) is 13.8. The van der Waals surface area contributed by atoms with Crippen molar-refractivity contribution < 1.29 is 4.74 Å². The molecule has 1 aliphatic rings. The molecule has 1 aromatic carbocycles. The van der Waals surface area contributed by atoms with Crippen LogP contribution in [0.2, 0.25) is 0 Å². The molecule has 1 heterocycles. The van der Waals surface area contributed by atoms with E-state index in [9.17, 15) is 0 Å². The van der Waals surface area contributed by atoms with Gasteiger partial charge in [0, 0.05) is 18.6 Å². The monoisotopic (exact) mass is 290 g/mol. The largest absolute Gasteiger partial charge is 0.497 e. The summed E-state index contributed by atoms with van der Waals surface area (Å²) in [7, 11) is 1.74. The molecule has 1 fully saturated rings. The van der Waals surface area contributed by atoms with Gasteiger partial charge in [-0.05, 0) is 57.0 Å². The Morgan fingerprint density at radius 3 is 2.90 bits per heavy atom. The van der Waals surface area contributed by atoms with Gasteiger partial charge in [0.25, 0.3) is 0 Å². The van der Waals surface area contributed by atoms with E-state index in [1.807, 2.05) is 6.07 Å². The lowest BCUT2D eigenvalue weighted by atomic mass is 10.0. The van der Waals surface area contributed by atoms with Crippen LogP contribution in [0, 0.1) is 0 Å². The van der Waals surface area contributed by atoms with Gasteiger partial charge in [-0.15, -0.1) is 0 Å². The normalized spacial score (nSPS) is 20.5. The molecule has 0 aromatic heterocycles. The molecule has 21 heavy (non-hydrogen) atoms. The first-order chi connectivity index (χ1) is 10.2. The van der Waals surface area contributed by atoms with Crippen LogP contribution in [0.4, 0.5) is 0 Å². The van der Waals surface area contributed by atoms with E-state index in [0.29, 0.717) is 12.1 Å². The van der Waals surface area contributed by atoms with Gasteiger partial charge in [0.05, 0.1) is 7.11 Å². The van der Waals surface area contributed by atoms with Crippen molar-refractivity contribution in [3.63, 3.8) is 0 Å². The van der Waals surface area contributed by atoms with Crippen LogP contribution in [0.25, 0.3) is 0 Å². The average molecular weight is 290 g/mol. The number of methoxy groups -OCH3 is 1. The van der Waals surface area contributed by atoms with Gasteiger partial charge in [0.2, 0.25) is 0 Å². The van der Waals surface area contributed by atoms with Crippen molar-refractivity contribution in [3.8, 4) is 5.75 Å². The van der Waals surface area contributed by atoms with Crippen molar-refractivity contribution >= 4 is 0 Å². The van der Waals surface area contributed by atoms with Crippen LogP contribution in [-0.4, -0.2) is 37.7 Å². The highest BCUT2D eigenvalue weighted by atomic mass is 16.5. The molecule has 0 radical (unpaired) electrons. The first-order valence-electron chi connectivity index (χ1n) is 8.36. The number of benzene rings is 1. The quantitative estimate of drug-likeness (QED) is 0.830. The van der Waals surface area contributed by atoms with Crippen LogP contribution < -0.4 is 10.1 Å². The van der Waals surface area contributed by atoms with Gasteiger partial charge in [-0.1, -0.05) is 25.5 Å². The third-order valence-electron chi connectivity index (χ3n) is 4.50. The molecule has 0 bridgehead atoms. The van der Waals surface area contributed by atoms with Crippen LogP contribution in [-0.2, 0) is 0 Å². The molecule has 0 spiro atoms. The summed E-state index contributed by atoms with van der Waals surface area (Å²) in [5.74, 6) is 0.951. The average Bonchev–Trinajstić information content (AvgIpc) is 2.55. The van der Waals surface area contributed by atoms with Crippen molar-refractivity contribution in [1.29, 1.82) is 0 Å². The Morgan fingerprint density at radius 2 is 2.24 bits per heavy atom. The summed E-state index contributed by atoms with van der Waals surface area (Å²) in [6, 6.07) is 9.57. The zero-order valence-corrected chi connectivity index (χ0v) is 13.8. The van der Waals surface area contributed by atoms with E-state index in [2.05, 4.69) is 42.3 Å². The van der Waals surface area contributed by atoms with Gasteiger partial charge in [0.15, 0.2) is 0 Å². The van der Waals surface area contributed by atoms with E-state index in [1.54, 1.807) is 7.11 Å². The number of piperidine rings is 1. The Hall–Kier alpha value is -1.06. The van der Waals surface area contributed by atoms with Crippen molar-refractivity contribution in [2.75, 3.05) is 26.7 Å². The topological polar surface area (TPSA) is 24.5 Å². The number of rotatable bonds is 7. The van der Waals surface area contributed by atoms with Crippen molar-refractivity contribution in [1.82, 2.24) is 10.2 Å². The first kappa shape index (κ1) is 16.3. The second-order valence-electron chi connectivity index (χ2n) is 6.09. The number of ether oxygens (including phenoxy) is 1. The Kier molecular flexibility index (Phi) is 6.52. The lowest BCUT2D eigenvalue weighted by molar-refractivity contribution is 0.176. The van der Waals surface area contributed by atoms with Gasteiger partial charge < -0.3 is 10.1 Å². The predicted octanol–water partition coefficient (Wildman–Crippen LogP) is 3.61. The molecular formula is C18H30N2O. The van der Waals surface area contributed by atoms with Crippen LogP contribution in [0.3, 0.4) is 0 Å². The first-order valence-corrected chi connectivity index (χ1v) is 8.36. The maximum atomic E-state index is 5.36. The molecule has 1 aromatic rings. The second kappa shape index (κ2) is 8.40. The second-order valence-corrected chi connectivity index (χ2v) is 6.09. The third-order valence-corrected chi connectivity index (χ3v) is 4.50. The molecule has 118 valence electrons. The Balaban J connectivity index is 2.04. The fourth-order valence-corrected chi connectivity index (χ4v) is 3.21. The maximum Gasteiger partial charge on any atom is 0.119 e. The SMILES string of the molecule is CCCN(CC1CCCCN1)C(C)c1cccc(OC)c1. The van der Waals surface area contributed by atoms with Gasteiger partial charge in [-0.25, -0.2) is 0 Å². The summed E-state index contributed by atoms with van der Waals surface area (Å²) in [6.45, 7) is 8.05. The van der Waals surface area contributed by atoms with Crippen molar-refractivity contribution in [2.45, 2.75) is 51.6 Å². The minimum absolute atomic E-state index is 0.434. The van der Waals surface area contributed by atoms with Gasteiger partial charge >= 0.3 is 0 Å². The molecule has 2 atom stereocenters. The molecule has 0 aliphatic carbocycles. The van der Waals surface area contributed by atoms with Crippen LogP contribution in [0.5, 0.6) is 5.75 Å². The molecular weight excluding hydrogens is 260 g/mol. The van der Waals surface area contributed by atoms with E-state index < -0.39 is 0 Å². The highest BCUT2D eigenvalue weighted by molar-refractivity contribution is 5.30. The van der Waals surface area contributed by atoms with Gasteiger partial charge in [-0.3, -0.25) is 4.90 Å². The predicted molar refractivity (Wildman–Crippen MR) is 88.9 cm³/mol. The number of nitrogens with one attached hydrogen (secondary N) is 1. The number of hydrogen-bond acceptors (Lipinski definition) is 3. The fourth-order valence-electron chi connectivity index (χ4n) is 3.21. The Morgan fingerprint density at radius 1 is 1.38 bits per heavy atom. The van der Waals surface area contributed by atoms with Crippen molar-refractivity contribution in [2.24, 2.45) is 0 Å². The lowest BCUT2D eigenvalue weighted by Gasteiger charge is -2.34. The Labute approximate surface area is 129 Å². The fraction of sp³-hybridized carbons (Fsp3) is 0.667. The Bertz CT molecular complexity index is 415. The van der Waals surface area contributed by atoms with E-state index in [4.69, 9.17) is 4.74 Å². The maximum absolute atomic E-state index is 5.36. The molecule has 2 unspecified atom stereocenters.